The molecule has 0 atom stereocenters. The zero-order valence-corrected chi connectivity index (χ0v) is 13.8. The van der Waals surface area contributed by atoms with E-state index in [2.05, 4.69) is 20.8 Å². The van der Waals surface area contributed by atoms with E-state index in [4.69, 9.17) is 21.1 Å². The Kier molecular flexibility index (Phi) is 5.59. The van der Waals surface area contributed by atoms with Crippen LogP contribution in [-0.4, -0.2) is 30.3 Å². The molecule has 0 saturated heterocycles. The summed E-state index contributed by atoms with van der Waals surface area (Å²) in [6.07, 6.45) is 0.378. The maximum Gasteiger partial charge on any atom is 0.225 e. The van der Waals surface area contributed by atoms with Crippen LogP contribution in [0.3, 0.4) is 0 Å². The topological polar surface area (TPSA) is 85.4 Å². The number of carbonyl (C=O) groups excluding carboxylic acids is 1. The van der Waals surface area contributed by atoms with Crippen molar-refractivity contribution in [1.82, 2.24) is 10.2 Å². The third-order valence-corrected chi connectivity index (χ3v) is 3.29. The van der Waals surface area contributed by atoms with Crippen molar-refractivity contribution in [3.8, 4) is 11.5 Å². The first-order chi connectivity index (χ1) is 11.1. The summed E-state index contributed by atoms with van der Waals surface area (Å²) in [6, 6.07) is 6.70. The van der Waals surface area contributed by atoms with E-state index in [1.165, 1.54) is 7.11 Å². The number of rotatable bonds is 6. The quantitative estimate of drug-likeness (QED) is 0.842. The Balaban J connectivity index is 2.20. The molecule has 1 heterocycles. The Hall–Kier alpha value is -2.54. The van der Waals surface area contributed by atoms with E-state index in [0.29, 0.717) is 40.3 Å². The molecule has 122 valence electrons. The second-order valence-electron chi connectivity index (χ2n) is 4.52. The maximum absolute atomic E-state index is 11.3. The number of carbonyl (C=O) groups is 1. The van der Waals surface area contributed by atoms with Crippen LogP contribution in [0.15, 0.2) is 24.3 Å². The normalized spacial score (nSPS) is 10.1. The van der Waals surface area contributed by atoms with Crippen LogP contribution < -0.4 is 20.1 Å². The van der Waals surface area contributed by atoms with E-state index in [0.717, 1.165) is 0 Å². The lowest BCUT2D eigenvalue weighted by Crippen LogP contribution is -2.11. The molecule has 0 aliphatic rings. The molecule has 0 fully saturated rings. The van der Waals surface area contributed by atoms with E-state index in [1.54, 1.807) is 38.3 Å². The number of amides is 1. The van der Waals surface area contributed by atoms with Crippen LogP contribution in [0.2, 0.25) is 5.02 Å². The highest BCUT2D eigenvalue weighted by molar-refractivity contribution is 6.32. The monoisotopic (exact) mass is 336 g/mol. The molecular formula is C15H17ClN4O3. The van der Waals surface area contributed by atoms with Gasteiger partial charge in [0.15, 0.2) is 11.6 Å². The van der Waals surface area contributed by atoms with Gasteiger partial charge in [0.2, 0.25) is 5.91 Å². The van der Waals surface area contributed by atoms with Gasteiger partial charge in [-0.3, -0.25) is 4.79 Å². The molecule has 1 aromatic heterocycles. The molecule has 0 unspecified atom stereocenters. The van der Waals surface area contributed by atoms with Crippen LogP contribution in [0.1, 0.15) is 13.3 Å². The number of benzene rings is 1. The first kappa shape index (κ1) is 16.8. The first-order valence-corrected chi connectivity index (χ1v) is 7.27. The Morgan fingerprint density at radius 2 is 1.78 bits per heavy atom. The Morgan fingerprint density at radius 1 is 1.13 bits per heavy atom. The summed E-state index contributed by atoms with van der Waals surface area (Å²) >= 11 is 6.07. The van der Waals surface area contributed by atoms with Gasteiger partial charge in [-0.25, -0.2) is 0 Å². The number of halogens is 1. The SMILES string of the molecule is CCC(=O)Nc1ccc(Nc2cc(OC)c(Cl)cc2OC)nn1. The van der Waals surface area contributed by atoms with Crippen LogP contribution in [0.4, 0.5) is 17.3 Å². The summed E-state index contributed by atoms with van der Waals surface area (Å²) < 4.78 is 10.5. The van der Waals surface area contributed by atoms with Gasteiger partial charge in [0.05, 0.1) is 24.9 Å². The number of aromatic nitrogens is 2. The highest BCUT2D eigenvalue weighted by atomic mass is 35.5. The van der Waals surface area contributed by atoms with Crippen molar-refractivity contribution in [3.63, 3.8) is 0 Å². The van der Waals surface area contributed by atoms with Gasteiger partial charge in [0.1, 0.15) is 11.5 Å². The number of anilines is 3. The lowest BCUT2D eigenvalue weighted by Gasteiger charge is -2.13. The summed E-state index contributed by atoms with van der Waals surface area (Å²) in [6.45, 7) is 1.76. The molecule has 7 nitrogen and oxygen atoms in total. The summed E-state index contributed by atoms with van der Waals surface area (Å²) in [5.41, 5.74) is 0.633. The Bertz CT molecular complexity index is 692. The number of nitrogens with zero attached hydrogens (tertiary/aromatic N) is 2. The zero-order valence-electron chi connectivity index (χ0n) is 13.0. The highest BCUT2D eigenvalue weighted by Crippen LogP contribution is 2.36. The second-order valence-corrected chi connectivity index (χ2v) is 4.92. The number of methoxy groups -OCH3 is 2. The van der Waals surface area contributed by atoms with E-state index >= 15 is 0 Å². The minimum absolute atomic E-state index is 0.121. The molecule has 0 aliphatic carbocycles. The Labute approximate surface area is 139 Å². The molecule has 0 saturated carbocycles. The third-order valence-electron chi connectivity index (χ3n) is 2.99. The average molecular weight is 337 g/mol. The van der Waals surface area contributed by atoms with Crippen molar-refractivity contribution >= 4 is 34.8 Å². The van der Waals surface area contributed by atoms with Crippen LogP contribution in [0.5, 0.6) is 11.5 Å². The molecule has 0 radical (unpaired) electrons. The van der Waals surface area contributed by atoms with Gasteiger partial charge < -0.3 is 20.1 Å². The molecule has 23 heavy (non-hydrogen) atoms. The van der Waals surface area contributed by atoms with Crippen molar-refractivity contribution in [3.05, 3.63) is 29.3 Å². The van der Waals surface area contributed by atoms with E-state index in [9.17, 15) is 4.79 Å². The molecule has 1 aromatic carbocycles. The number of hydrogen-bond acceptors (Lipinski definition) is 6. The summed E-state index contributed by atoms with van der Waals surface area (Å²) in [5.74, 6) is 1.81. The molecule has 2 aromatic rings. The molecule has 1 amide bonds. The number of nitrogens with one attached hydrogen (secondary N) is 2. The van der Waals surface area contributed by atoms with E-state index in [-0.39, 0.29) is 5.91 Å². The van der Waals surface area contributed by atoms with Gasteiger partial charge >= 0.3 is 0 Å². The third kappa shape index (κ3) is 4.23. The van der Waals surface area contributed by atoms with Gasteiger partial charge in [-0.2, -0.15) is 0 Å². The molecule has 8 heteroatoms. The summed E-state index contributed by atoms with van der Waals surface area (Å²) in [5, 5.41) is 14.1. The lowest BCUT2D eigenvalue weighted by molar-refractivity contribution is -0.115. The summed E-state index contributed by atoms with van der Waals surface area (Å²) in [7, 11) is 3.07. The zero-order chi connectivity index (χ0) is 16.8. The molecule has 0 spiro atoms. The molecule has 0 bridgehead atoms. The highest BCUT2D eigenvalue weighted by Gasteiger charge is 2.11. The van der Waals surface area contributed by atoms with Crippen LogP contribution in [0, 0.1) is 0 Å². The standard InChI is InChI=1S/C15H17ClN4O3/c1-4-15(21)18-14-6-5-13(19-20-14)17-10-8-11(22-2)9(16)7-12(10)23-3/h5-8H,4H2,1-3H3,(H,17,19)(H,18,20,21). The van der Waals surface area contributed by atoms with Crippen molar-refractivity contribution < 1.29 is 14.3 Å². The predicted octanol–water partition coefficient (Wildman–Crippen LogP) is 3.24. The fourth-order valence-electron chi connectivity index (χ4n) is 1.79. The second kappa shape index (κ2) is 7.64. The van der Waals surface area contributed by atoms with Crippen molar-refractivity contribution in [1.29, 1.82) is 0 Å². The average Bonchev–Trinajstić information content (AvgIpc) is 2.57. The minimum atomic E-state index is -0.121. The minimum Gasteiger partial charge on any atom is -0.495 e. The van der Waals surface area contributed by atoms with E-state index < -0.39 is 0 Å². The van der Waals surface area contributed by atoms with Crippen molar-refractivity contribution in [2.75, 3.05) is 24.9 Å². The predicted molar refractivity (Wildman–Crippen MR) is 88.8 cm³/mol. The maximum atomic E-state index is 11.3. The van der Waals surface area contributed by atoms with E-state index in [1.807, 2.05) is 0 Å². The largest absolute Gasteiger partial charge is 0.495 e. The van der Waals surface area contributed by atoms with Gasteiger partial charge in [0, 0.05) is 18.6 Å². The number of ether oxygens (including phenoxy) is 2. The van der Waals surface area contributed by atoms with Crippen molar-refractivity contribution in [2.45, 2.75) is 13.3 Å². The first-order valence-electron chi connectivity index (χ1n) is 6.89. The molecule has 2 N–H and O–H groups in total. The number of hydrogen-bond donors (Lipinski definition) is 2. The van der Waals surface area contributed by atoms with Gasteiger partial charge in [0.25, 0.3) is 0 Å². The Morgan fingerprint density at radius 3 is 2.35 bits per heavy atom. The van der Waals surface area contributed by atoms with Gasteiger partial charge in [-0.1, -0.05) is 18.5 Å². The summed E-state index contributed by atoms with van der Waals surface area (Å²) in [4.78, 5) is 11.3. The molecule has 2 rings (SSSR count). The molecule has 0 aliphatic heterocycles. The fourth-order valence-corrected chi connectivity index (χ4v) is 2.02. The van der Waals surface area contributed by atoms with Crippen molar-refractivity contribution in [2.24, 2.45) is 0 Å². The van der Waals surface area contributed by atoms with Crippen LogP contribution in [0.25, 0.3) is 0 Å². The smallest absolute Gasteiger partial charge is 0.225 e. The fraction of sp³-hybridized carbons (Fsp3) is 0.267. The van der Waals surface area contributed by atoms with Crippen LogP contribution >= 0.6 is 11.6 Å². The lowest BCUT2D eigenvalue weighted by atomic mass is 10.2. The van der Waals surface area contributed by atoms with Gasteiger partial charge in [-0.15, -0.1) is 10.2 Å². The van der Waals surface area contributed by atoms with Gasteiger partial charge in [-0.05, 0) is 12.1 Å². The van der Waals surface area contributed by atoms with Crippen LogP contribution in [-0.2, 0) is 4.79 Å². The molecular weight excluding hydrogens is 320 g/mol.